The van der Waals surface area contributed by atoms with Gasteiger partial charge in [0.1, 0.15) is 11.9 Å². The number of hydrogen-bond donors (Lipinski definition) is 2. The first-order valence-corrected chi connectivity index (χ1v) is 12.1. The number of halogens is 1. The Morgan fingerprint density at radius 3 is 2.76 bits per heavy atom. The van der Waals surface area contributed by atoms with E-state index in [4.69, 9.17) is 16.2 Å². The average molecular weight is 463 g/mol. The van der Waals surface area contributed by atoms with Crippen LogP contribution in [0.2, 0.25) is 0 Å². The van der Waals surface area contributed by atoms with Crippen molar-refractivity contribution < 1.29 is 13.9 Å². The van der Waals surface area contributed by atoms with E-state index in [1.807, 2.05) is 31.2 Å². The number of aliphatic imine (C=N–C) groups is 1. The molecule has 1 aliphatic heterocycles. The summed E-state index contributed by atoms with van der Waals surface area (Å²) in [6, 6.07) is 10.4. The van der Waals surface area contributed by atoms with E-state index in [1.54, 1.807) is 12.3 Å². The fourth-order valence-electron chi connectivity index (χ4n) is 6.59. The number of benzene rings is 1. The Morgan fingerprint density at radius 2 is 2.03 bits per heavy atom. The number of rotatable bonds is 4. The van der Waals surface area contributed by atoms with E-state index in [2.05, 4.69) is 16.1 Å². The molecule has 6 atom stereocenters. The number of hydrogen-bond acceptors (Lipinski definition) is 4. The van der Waals surface area contributed by atoms with Crippen LogP contribution in [0.1, 0.15) is 44.7 Å². The second-order valence-electron chi connectivity index (χ2n) is 9.93. The molecule has 1 aromatic carbocycles. The van der Waals surface area contributed by atoms with Crippen molar-refractivity contribution in [3.05, 3.63) is 60.2 Å². The quantitative estimate of drug-likeness (QED) is 0.401. The summed E-state index contributed by atoms with van der Waals surface area (Å²) < 4.78 is 19.3. The van der Waals surface area contributed by atoms with Crippen molar-refractivity contribution in [2.75, 3.05) is 0 Å². The molecule has 3 aliphatic rings. The number of guanidine groups is 1. The maximum atomic E-state index is 13.6. The van der Waals surface area contributed by atoms with Gasteiger partial charge in [-0.15, -0.1) is 0 Å². The summed E-state index contributed by atoms with van der Waals surface area (Å²) in [5, 5.41) is 0. The number of cyclic esters (lactones) is 1. The van der Waals surface area contributed by atoms with Crippen molar-refractivity contribution in [2.24, 2.45) is 40.1 Å². The molecule has 3 fully saturated rings. The Bertz CT molecular complexity index is 1130. The molecule has 5 unspecified atom stereocenters. The summed E-state index contributed by atoms with van der Waals surface area (Å²) in [7, 11) is 0. The van der Waals surface area contributed by atoms with Gasteiger partial charge in [0.15, 0.2) is 11.5 Å². The van der Waals surface area contributed by atoms with E-state index in [-0.39, 0.29) is 35.7 Å². The Kier molecular flexibility index (Phi) is 5.88. The fourth-order valence-corrected chi connectivity index (χ4v) is 6.59. The first kappa shape index (κ1) is 22.6. The topological polar surface area (TPSA) is 104 Å². The third kappa shape index (κ3) is 3.97. The zero-order chi connectivity index (χ0) is 23.9. The van der Waals surface area contributed by atoms with Gasteiger partial charge >= 0.3 is 5.97 Å². The van der Waals surface area contributed by atoms with E-state index in [0.717, 1.165) is 36.1 Å². The molecule has 34 heavy (non-hydrogen) atoms. The predicted octanol–water partition coefficient (Wildman–Crippen LogP) is 4.30. The number of fused-ring (bicyclic) bond motifs is 2. The van der Waals surface area contributed by atoms with Gasteiger partial charge in [0, 0.05) is 17.7 Å². The zero-order valence-corrected chi connectivity index (χ0v) is 19.4. The Morgan fingerprint density at radius 1 is 1.21 bits per heavy atom. The van der Waals surface area contributed by atoms with Crippen molar-refractivity contribution in [1.82, 2.24) is 4.98 Å². The van der Waals surface area contributed by atoms with Crippen LogP contribution in [0.5, 0.6) is 0 Å². The molecular formula is C27H31FN4O2. The number of aromatic nitrogens is 1. The molecule has 2 heterocycles. The number of esters is 1. The van der Waals surface area contributed by atoms with Crippen molar-refractivity contribution in [1.29, 1.82) is 0 Å². The lowest BCUT2D eigenvalue weighted by Gasteiger charge is -2.49. The molecule has 2 aliphatic carbocycles. The monoisotopic (exact) mass is 462 g/mol. The minimum Gasteiger partial charge on any atom is -0.460 e. The molecule has 7 heteroatoms. The van der Waals surface area contributed by atoms with E-state index < -0.39 is 5.54 Å². The highest BCUT2D eigenvalue weighted by atomic mass is 19.1. The third-order valence-corrected chi connectivity index (χ3v) is 7.92. The van der Waals surface area contributed by atoms with E-state index in [9.17, 15) is 9.18 Å². The molecule has 2 aromatic rings. The van der Waals surface area contributed by atoms with Gasteiger partial charge < -0.3 is 16.2 Å². The number of nitrogens with zero attached hydrogens (tertiary/aromatic N) is 2. The number of carbonyl (C=O) groups excluding carboxylic acids is 1. The molecule has 0 bridgehead atoms. The van der Waals surface area contributed by atoms with Crippen LogP contribution < -0.4 is 11.5 Å². The average Bonchev–Trinajstić information content (AvgIpc) is 3.05. The van der Waals surface area contributed by atoms with Crippen LogP contribution in [0, 0.1) is 29.5 Å². The lowest BCUT2D eigenvalue weighted by atomic mass is 9.54. The van der Waals surface area contributed by atoms with Crippen molar-refractivity contribution in [2.45, 2.75) is 50.7 Å². The van der Waals surface area contributed by atoms with Gasteiger partial charge in [-0.05, 0) is 67.4 Å². The molecule has 5 rings (SSSR count). The number of pyridine rings is 1. The van der Waals surface area contributed by atoms with E-state index in [1.165, 1.54) is 18.6 Å². The van der Waals surface area contributed by atoms with Gasteiger partial charge in [-0.25, -0.2) is 14.2 Å². The lowest BCUT2D eigenvalue weighted by Crippen LogP contribution is -2.54. The normalized spacial score (nSPS) is 32.6. The summed E-state index contributed by atoms with van der Waals surface area (Å²) in [4.78, 5) is 22.2. The highest BCUT2D eigenvalue weighted by Gasteiger charge is 2.64. The van der Waals surface area contributed by atoms with Crippen LogP contribution in [0.3, 0.4) is 0 Å². The van der Waals surface area contributed by atoms with Crippen LogP contribution in [0.15, 0.2) is 53.7 Å². The Hall–Kier alpha value is -3.22. The van der Waals surface area contributed by atoms with Gasteiger partial charge in [-0.1, -0.05) is 43.5 Å². The van der Waals surface area contributed by atoms with Crippen molar-refractivity contribution in [3.63, 3.8) is 0 Å². The van der Waals surface area contributed by atoms with Gasteiger partial charge in [0.25, 0.3) is 0 Å². The number of allylic oxidation sites excluding steroid dienone is 1. The van der Waals surface area contributed by atoms with Gasteiger partial charge in [0.05, 0.1) is 5.69 Å². The van der Waals surface area contributed by atoms with E-state index in [0.29, 0.717) is 18.3 Å². The molecule has 0 radical (unpaired) electrons. The fraction of sp³-hybridized carbons (Fsp3) is 0.444. The third-order valence-electron chi connectivity index (χ3n) is 7.92. The molecule has 0 amide bonds. The van der Waals surface area contributed by atoms with Crippen molar-refractivity contribution in [3.8, 4) is 11.1 Å². The SMILES string of the molecule is C[C@H]1OC(=O)C2(N=C(N)N)CC3CCCCC3C(/C=C/c3ccc(-c4cccc(F)c4)cn3)C12. The molecular weight excluding hydrogens is 431 g/mol. The van der Waals surface area contributed by atoms with Crippen LogP contribution in [-0.4, -0.2) is 28.6 Å². The number of carbonyl (C=O) groups is 1. The maximum absolute atomic E-state index is 13.6. The summed E-state index contributed by atoms with van der Waals surface area (Å²) >= 11 is 0. The van der Waals surface area contributed by atoms with Gasteiger partial charge in [-0.2, -0.15) is 0 Å². The Balaban J connectivity index is 1.47. The highest BCUT2D eigenvalue weighted by molar-refractivity contribution is 5.88. The van der Waals surface area contributed by atoms with E-state index >= 15 is 0 Å². The lowest BCUT2D eigenvalue weighted by molar-refractivity contribution is -0.145. The molecule has 178 valence electrons. The Labute approximate surface area is 199 Å². The smallest absolute Gasteiger partial charge is 0.334 e. The molecule has 1 saturated heterocycles. The molecule has 0 spiro atoms. The van der Waals surface area contributed by atoms with Crippen LogP contribution >= 0.6 is 0 Å². The molecule has 4 N–H and O–H groups in total. The standard InChI is InChI=1S/C27H31FN4O2/c1-16-24-23(12-11-21-10-9-19(15-31-21)17-6-4-7-20(28)13-17)22-8-3-2-5-18(22)14-27(24,25(33)34-16)32-26(29)30/h4,6-7,9-13,15-16,18,22-24H,2-3,5,8,14H2,1H3,(H4,29,30,32)/b12-11+/t16-,18?,22?,23?,24?,27?/m1/s1. The highest BCUT2D eigenvalue weighted by Crippen LogP contribution is 2.56. The number of ether oxygens (including phenoxy) is 1. The van der Waals surface area contributed by atoms with Gasteiger partial charge in [-0.3, -0.25) is 4.98 Å². The number of nitrogens with two attached hydrogens (primary N) is 2. The molecule has 6 nitrogen and oxygen atoms in total. The largest absolute Gasteiger partial charge is 0.460 e. The maximum Gasteiger partial charge on any atom is 0.334 e. The summed E-state index contributed by atoms with van der Waals surface area (Å²) in [6.45, 7) is 1.95. The minimum atomic E-state index is -1.01. The first-order chi connectivity index (χ1) is 16.4. The summed E-state index contributed by atoms with van der Waals surface area (Å²) in [5.74, 6) is 0.177. The zero-order valence-electron chi connectivity index (χ0n) is 19.4. The summed E-state index contributed by atoms with van der Waals surface area (Å²) in [6.07, 6.45) is 10.9. The first-order valence-electron chi connectivity index (χ1n) is 12.1. The second-order valence-corrected chi connectivity index (χ2v) is 9.93. The van der Waals surface area contributed by atoms with Crippen molar-refractivity contribution >= 4 is 18.0 Å². The minimum absolute atomic E-state index is 0.0670. The predicted molar refractivity (Wildman–Crippen MR) is 130 cm³/mol. The summed E-state index contributed by atoms with van der Waals surface area (Å²) in [5.41, 5.74) is 13.0. The second kappa shape index (κ2) is 8.85. The molecule has 1 aromatic heterocycles. The van der Waals surface area contributed by atoms with Crippen LogP contribution in [-0.2, 0) is 9.53 Å². The molecule has 2 saturated carbocycles. The van der Waals surface area contributed by atoms with Crippen LogP contribution in [0.25, 0.3) is 17.2 Å². The van der Waals surface area contributed by atoms with Gasteiger partial charge in [0.2, 0.25) is 0 Å². The van der Waals surface area contributed by atoms with Crippen LogP contribution in [0.4, 0.5) is 4.39 Å².